The molecule has 0 spiro atoms. The molecule has 0 saturated heterocycles. The SMILES string of the molecule is Cc1nc(-c2ccoc2)nc(C)c1CCCNC(C)C. The molecule has 108 valence electrons. The Morgan fingerprint density at radius 3 is 2.45 bits per heavy atom. The molecule has 0 aliphatic rings. The van der Waals surface area contributed by atoms with Gasteiger partial charge in [0.15, 0.2) is 5.82 Å². The van der Waals surface area contributed by atoms with Crippen molar-refractivity contribution in [3.8, 4) is 11.4 Å². The van der Waals surface area contributed by atoms with Gasteiger partial charge in [-0.15, -0.1) is 0 Å². The Bertz CT molecular complexity index is 524. The lowest BCUT2D eigenvalue weighted by atomic mass is 10.1. The summed E-state index contributed by atoms with van der Waals surface area (Å²) in [6.45, 7) is 9.48. The smallest absolute Gasteiger partial charge is 0.162 e. The fourth-order valence-electron chi connectivity index (χ4n) is 2.28. The lowest BCUT2D eigenvalue weighted by Crippen LogP contribution is -2.24. The van der Waals surface area contributed by atoms with Crippen LogP contribution in [0.2, 0.25) is 0 Å². The first kappa shape index (κ1) is 14.7. The highest BCUT2D eigenvalue weighted by molar-refractivity contribution is 5.53. The van der Waals surface area contributed by atoms with E-state index in [4.69, 9.17) is 4.42 Å². The van der Waals surface area contributed by atoms with Crippen LogP contribution in [0.1, 0.15) is 37.2 Å². The molecule has 20 heavy (non-hydrogen) atoms. The van der Waals surface area contributed by atoms with Gasteiger partial charge in [-0.1, -0.05) is 13.8 Å². The largest absolute Gasteiger partial charge is 0.472 e. The van der Waals surface area contributed by atoms with E-state index in [0.29, 0.717) is 6.04 Å². The second kappa shape index (κ2) is 6.66. The number of aromatic nitrogens is 2. The lowest BCUT2D eigenvalue weighted by Gasteiger charge is -2.11. The van der Waals surface area contributed by atoms with Gasteiger partial charge < -0.3 is 9.73 Å². The van der Waals surface area contributed by atoms with Crippen molar-refractivity contribution in [2.75, 3.05) is 6.54 Å². The van der Waals surface area contributed by atoms with Gasteiger partial charge in [0.05, 0.1) is 11.8 Å². The normalized spacial score (nSPS) is 11.2. The molecule has 0 bridgehead atoms. The van der Waals surface area contributed by atoms with E-state index < -0.39 is 0 Å². The van der Waals surface area contributed by atoms with E-state index in [2.05, 4.69) is 43.0 Å². The van der Waals surface area contributed by atoms with Crippen molar-refractivity contribution in [1.29, 1.82) is 0 Å². The molecular weight excluding hydrogens is 250 g/mol. The fourth-order valence-corrected chi connectivity index (χ4v) is 2.28. The standard InChI is InChI=1S/C16H23N3O/c1-11(2)17-8-5-6-15-12(3)18-16(19-13(15)4)14-7-9-20-10-14/h7,9-11,17H,5-6,8H2,1-4H3. The number of hydrogen-bond donors (Lipinski definition) is 1. The summed E-state index contributed by atoms with van der Waals surface area (Å²) in [7, 11) is 0. The summed E-state index contributed by atoms with van der Waals surface area (Å²) in [6, 6.07) is 2.43. The maximum atomic E-state index is 5.09. The van der Waals surface area contributed by atoms with Crippen molar-refractivity contribution in [2.45, 2.75) is 46.6 Å². The van der Waals surface area contributed by atoms with E-state index in [9.17, 15) is 0 Å². The number of nitrogens with zero attached hydrogens (tertiary/aromatic N) is 2. The summed E-state index contributed by atoms with van der Waals surface area (Å²) in [5.41, 5.74) is 4.34. The molecule has 0 aliphatic carbocycles. The van der Waals surface area contributed by atoms with Crippen LogP contribution in [0, 0.1) is 13.8 Å². The van der Waals surface area contributed by atoms with Crippen molar-refractivity contribution in [3.05, 3.63) is 35.5 Å². The maximum absolute atomic E-state index is 5.09. The number of hydrogen-bond acceptors (Lipinski definition) is 4. The van der Waals surface area contributed by atoms with Crippen LogP contribution in [-0.2, 0) is 6.42 Å². The summed E-state index contributed by atoms with van der Waals surface area (Å²) in [6.07, 6.45) is 5.45. The molecule has 0 saturated carbocycles. The Morgan fingerprint density at radius 1 is 1.20 bits per heavy atom. The highest BCUT2D eigenvalue weighted by atomic mass is 16.3. The topological polar surface area (TPSA) is 51.0 Å². The van der Waals surface area contributed by atoms with Crippen LogP contribution in [0.4, 0.5) is 0 Å². The van der Waals surface area contributed by atoms with Crippen molar-refractivity contribution in [2.24, 2.45) is 0 Å². The fraction of sp³-hybridized carbons (Fsp3) is 0.500. The zero-order valence-corrected chi connectivity index (χ0v) is 12.7. The molecule has 0 unspecified atom stereocenters. The van der Waals surface area contributed by atoms with Gasteiger partial charge in [-0.2, -0.15) is 0 Å². The van der Waals surface area contributed by atoms with Crippen LogP contribution in [0.5, 0.6) is 0 Å². The van der Waals surface area contributed by atoms with Crippen LogP contribution in [0.3, 0.4) is 0 Å². The molecule has 2 rings (SSSR count). The number of nitrogens with one attached hydrogen (secondary N) is 1. The van der Waals surface area contributed by atoms with Crippen LogP contribution >= 0.6 is 0 Å². The molecule has 0 radical (unpaired) electrons. The summed E-state index contributed by atoms with van der Waals surface area (Å²) in [5, 5.41) is 3.44. The van der Waals surface area contributed by atoms with Gasteiger partial charge in [0.25, 0.3) is 0 Å². The Morgan fingerprint density at radius 2 is 1.90 bits per heavy atom. The monoisotopic (exact) mass is 273 g/mol. The molecular formula is C16H23N3O. The Labute approximate surface area is 120 Å². The van der Waals surface area contributed by atoms with E-state index in [0.717, 1.165) is 42.2 Å². The predicted molar refractivity (Wildman–Crippen MR) is 80.7 cm³/mol. The molecule has 2 aromatic heterocycles. The average molecular weight is 273 g/mol. The molecule has 0 fully saturated rings. The third-order valence-corrected chi connectivity index (χ3v) is 3.36. The molecule has 0 amide bonds. The quantitative estimate of drug-likeness (QED) is 0.821. The summed E-state index contributed by atoms with van der Waals surface area (Å²) < 4.78 is 5.09. The maximum Gasteiger partial charge on any atom is 0.162 e. The van der Waals surface area contributed by atoms with E-state index in [-0.39, 0.29) is 0 Å². The molecule has 4 heteroatoms. The van der Waals surface area contributed by atoms with Crippen molar-refractivity contribution < 1.29 is 4.42 Å². The van der Waals surface area contributed by atoms with Gasteiger partial charge in [-0.05, 0) is 44.9 Å². The minimum atomic E-state index is 0.539. The Kier molecular flexibility index (Phi) is 4.90. The number of rotatable bonds is 6. The van der Waals surface area contributed by atoms with E-state index in [1.54, 1.807) is 12.5 Å². The molecule has 0 aliphatic heterocycles. The Hall–Kier alpha value is -1.68. The summed E-state index contributed by atoms with van der Waals surface area (Å²) in [4.78, 5) is 9.20. The van der Waals surface area contributed by atoms with E-state index in [1.807, 2.05) is 6.07 Å². The third kappa shape index (κ3) is 3.67. The molecule has 2 heterocycles. The van der Waals surface area contributed by atoms with Gasteiger partial charge in [-0.25, -0.2) is 9.97 Å². The summed E-state index contributed by atoms with van der Waals surface area (Å²) in [5.74, 6) is 0.748. The molecule has 2 aromatic rings. The van der Waals surface area contributed by atoms with Crippen LogP contribution in [0.25, 0.3) is 11.4 Å². The second-order valence-electron chi connectivity index (χ2n) is 5.42. The van der Waals surface area contributed by atoms with Gasteiger partial charge in [0.1, 0.15) is 6.26 Å². The van der Waals surface area contributed by atoms with Crippen LogP contribution < -0.4 is 5.32 Å². The van der Waals surface area contributed by atoms with Crippen molar-refractivity contribution in [1.82, 2.24) is 15.3 Å². The van der Waals surface area contributed by atoms with Crippen molar-refractivity contribution in [3.63, 3.8) is 0 Å². The predicted octanol–water partition coefficient (Wildman–Crippen LogP) is 3.28. The van der Waals surface area contributed by atoms with Crippen LogP contribution in [-0.4, -0.2) is 22.6 Å². The summed E-state index contributed by atoms with van der Waals surface area (Å²) >= 11 is 0. The number of aryl methyl sites for hydroxylation is 2. The lowest BCUT2D eigenvalue weighted by molar-refractivity contribution is 0.567. The van der Waals surface area contributed by atoms with Gasteiger partial charge in [0.2, 0.25) is 0 Å². The van der Waals surface area contributed by atoms with Crippen LogP contribution in [0.15, 0.2) is 23.0 Å². The molecule has 0 atom stereocenters. The van der Waals surface area contributed by atoms with E-state index in [1.165, 1.54) is 5.56 Å². The number of furan rings is 1. The second-order valence-corrected chi connectivity index (χ2v) is 5.42. The molecule has 0 aromatic carbocycles. The average Bonchev–Trinajstić information content (AvgIpc) is 2.90. The van der Waals surface area contributed by atoms with Gasteiger partial charge in [-0.3, -0.25) is 0 Å². The minimum absolute atomic E-state index is 0.539. The molecule has 4 nitrogen and oxygen atoms in total. The first-order valence-corrected chi connectivity index (χ1v) is 7.18. The van der Waals surface area contributed by atoms with Gasteiger partial charge in [0, 0.05) is 17.4 Å². The Balaban J connectivity index is 2.07. The van der Waals surface area contributed by atoms with Gasteiger partial charge >= 0.3 is 0 Å². The third-order valence-electron chi connectivity index (χ3n) is 3.36. The zero-order valence-electron chi connectivity index (χ0n) is 12.7. The zero-order chi connectivity index (χ0) is 14.5. The van der Waals surface area contributed by atoms with E-state index >= 15 is 0 Å². The minimum Gasteiger partial charge on any atom is -0.472 e. The van der Waals surface area contributed by atoms with Crippen molar-refractivity contribution >= 4 is 0 Å². The highest BCUT2D eigenvalue weighted by Gasteiger charge is 2.10. The highest BCUT2D eigenvalue weighted by Crippen LogP contribution is 2.19. The first-order chi connectivity index (χ1) is 9.58. The first-order valence-electron chi connectivity index (χ1n) is 7.18. The molecule has 1 N–H and O–H groups in total.